The normalized spacial score (nSPS) is 16.6. The van der Waals surface area contributed by atoms with Crippen molar-refractivity contribution in [1.82, 2.24) is 5.16 Å². The van der Waals surface area contributed by atoms with Gasteiger partial charge in [-0.15, -0.1) is 0 Å². The number of aromatic nitrogens is 1. The Bertz CT molecular complexity index is 1140. The topological polar surface area (TPSA) is 106 Å². The Morgan fingerprint density at radius 2 is 1.97 bits per heavy atom. The molecule has 3 aromatic rings. The van der Waals surface area contributed by atoms with Crippen molar-refractivity contribution in [2.45, 2.75) is 19.9 Å². The summed E-state index contributed by atoms with van der Waals surface area (Å²) in [5, 5.41) is 14.5. The molecule has 1 atom stereocenters. The molecule has 29 heavy (non-hydrogen) atoms. The van der Waals surface area contributed by atoms with E-state index < -0.39 is 23.5 Å². The SMILES string of the molecule is COc1cccc([C@@H]2C(C(=O)c3ccc(C)o3)=C(O)C(=O)N2c2cc(C)on2)c1. The molecule has 0 fully saturated rings. The summed E-state index contributed by atoms with van der Waals surface area (Å²) < 4.78 is 15.8. The molecule has 0 unspecified atom stereocenters. The molecular weight excluding hydrogens is 376 g/mol. The second-order valence-corrected chi connectivity index (χ2v) is 6.65. The van der Waals surface area contributed by atoms with Gasteiger partial charge in [-0.05, 0) is 43.7 Å². The molecule has 0 bridgehead atoms. The van der Waals surface area contributed by atoms with Crippen LogP contribution in [-0.4, -0.2) is 29.1 Å². The van der Waals surface area contributed by atoms with Gasteiger partial charge in [-0.25, -0.2) is 0 Å². The molecule has 1 aliphatic heterocycles. The highest BCUT2D eigenvalue weighted by Crippen LogP contribution is 2.42. The number of amides is 1. The van der Waals surface area contributed by atoms with E-state index >= 15 is 0 Å². The highest BCUT2D eigenvalue weighted by atomic mass is 16.5. The molecule has 2 aromatic heterocycles. The van der Waals surface area contributed by atoms with Crippen molar-refractivity contribution in [3.05, 3.63) is 76.6 Å². The molecule has 1 aliphatic rings. The maximum Gasteiger partial charge on any atom is 0.295 e. The first-order valence-electron chi connectivity index (χ1n) is 8.85. The highest BCUT2D eigenvalue weighted by molar-refractivity contribution is 6.19. The number of ether oxygens (including phenoxy) is 1. The number of benzene rings is 1. The number of anilines is 1. The highest BCUT2D eigenvalue weighted by Gasteiger charge is 2.46. The number of carbonyl (C=O) groups is 2. The number of aryl methyl sites for hydroxylation is 2. The smallest absolute Gasteiger partial charge is 0.295 e. The fourth-order valence-electron chi connectivity index (χ4n) is 3.36. The largest absolute Gasteiger partial charge is 0.503 e. The summed E-state index contributed by atoms with van der Waals surface area (Å²) >= 11 is 0. The summed E-state index contributed by atoms with van der Waals surface area (Å²) in [6.45, 7) is 3.39. The molecule has 0 aliphatic carbocycles. The van der Waals surface area contributed by atoms with Crippen LogP contribution in [0.4, 0.5) is 5.82 Å². The van der Waals surface area contributed by atoms with Crippen LogP contribution in [-0.2, 0) is 4.79 Å². The van der Waals surface area contributed by atoms with Crippen molar-refractivity contribution in [2.24, 2.45) is 0 Å². The van der Waals surface area contributed by atoms with E-state index in [1.165, 1.54) is 18.1 Å². The average Bonchev–Trinajstić information content (AvgIpc) is 3.40. The van der Waals surface area contributed by atoms with Crippen molar-refractivity contribution in [3.63, 3.8) is 0 Å². The van der Waals surface area contributed by atoms with Gasteiger partial charge in [-0.1, -0.05) is 17.3 Å². The van der Waals surface area contributed by atoms with E-state index in [9.17, 15) is 14.7 Å². The third-order valence-electron chi connectivity index (χ3n) is 4.69. The van der Waals surface area contributed by atoms with Crippen molar-refractivity contribution in [1.29, 1.82) is 0 Å². The number of aliphatic hydroxyl groups is 1. The van der Waals surface area contributed by atoms with E-state index in [0.29, 0.717) is 22.8 Å². The molecule has 0 radical (unpaired) electrons. The first-order chi connectivity index (χ1) is 13.9. The molecule has 1 aromatic carbocycles. The minimum Gasteiger partial charge on any atom is -0.503 e. The molecule has 148 valence electrons. The molecule has 0 spiro atoms. The lowest BCUT2D eigenvalue weighted by atomic mass is 9.95. The van der Waals surface area contributed by atoms with Gasteiger partial charge in [0.15, 0.2) is 17.3 Å². The maximum atomic E-state index is 13.2. The second-order valence-electron chi connectivity index (χ2n) is 6.65. The van der Waals surface area contributed by atoms with Gasteiger partial charge in [0, 0.05) is 6.07 Å². The third-order valence-corrected chi connectivity index (χ3v) is 4.69. The maximum absolute atomic E-state index is 13.2. The Morgan fingerprint density at radius 3 is 2.59 bits per heavy atom. The zero-order valence-corrected chi connectivity index (χ0v) is 16.0. The molecule has 0 saturated carbocycles. The second kappa shape index (κ2) is 6.97. The minimum atomic E-state index is -0.931. The van der Waals surface area contributed by atoms with E-state index in [2.05, 4.69) is 5.16 Å². The lowest BCUT2D eigenvalue weighted by molar-refractivity contribution is -0.117. The van der Waals surface area contributed by atoms with Gasteiger partial charge in [0.05, 0.1) is 18.7 Å². The van der Waals surface area contributed by atoms with Crippen molar-refractivity contribution >= 4 is 17.5 Å². The number of nitrogens with zero attached hydrogens (tertiary/aromatic N) is 2. The number of furan rings is 1. The lowest BCUT2D eigenvalue weighted by Crippen LogP contribution is -2.31. The quantitative estimate of drug-likeness (QED) is 0.658. The number of rotatable bonds is 5. The number of hydrogen-bond acceptors (Lipinski definition) is 7. The number of ketones is 1. The Balaban J connectivity index is 1.88. The summed E-state index contributed by atoms with van der Waals surface area (Å²) in [7, 11) is 1.52. The molecule has 1 N–H and O–H groups in total. The van der Waals surface area contributed by atoms with Crippen LogP contribution in [0, 0.1) is 13.8 Å². The predicted molar refractivity (Wildman–Crippen MR) is 102 cm³/mol. The molecule has 8 heteroatoms. The average molecular weight is 394 g/mol. The predicted octanol–water partition coefficient (Wildman–Crippen LogP) is 3.68. The molecule has 4 rings (SSSR count). The lowest BCUT2D eigenvalue weighted by Gasteiger charge is -2.24. The first kappa shape index (κ1) is 18.5. The van der Waals surface area contributed by atoms with Crippen LogP contribution in [0.3, 0.4) is 0 Å². The van der Waals surface area contributed by atoms with Gasteiger partial charge in [0.25, 0.3) is 5.91 Å². The molecule has 3 heterocycles. The number of hydrogen-bond donors (Lipinski definition) is 1. The van der Waals surface area contributed by atoms with Crippen LogP contribution in [0.15, 0.2) is 62.7 Å². The summed E-state index contributed by atoms with van der Waals surface area (Å²) in [6, 6.07) is 10.7. The van der Waals surface area contributed by atoms with Crippen molar-refractivity contribution < 1.29 is 28.4 Å². The van der Waals surface area contributed by atoms with Gasteiger partial charge in [-0.3, -0.25) is 14.5 Å². The van der Waals surface area contributed by atoms with Gasteiger partial charge in [0.1, 0.15) is 17.3 Å². The van der Waals surface area contributed by atoms with E-state index in [0.717, 1.165) is 0 Å². The Labute approximate surface area is 166 Å². The third kappa shape index (κ3) is 3.08. The summed E-state index contributed by atoms with van der Waals surface area (Å²) in [6.07, 6.45) is 0. The monoisotopic (exact) mass is 394 g/mol. The van der Waals surface area contributed by atoms with Crippen LogP contribution in [0.2, 0.25) is 0 Å². The van der Waals surface area contributed by atoms with Gasteiger partial charge < -0.3 is 18.8 Å². The Hall–Kier alpha value is -3.81. The summed E-state index contributed by atoms with van der Waals surface area (Å²) in [5.41, 5.74) is 0.465. The van der Waals surface area contributed by atoms with Gasteiger partial charge in [-0.2, -0.15) is 0 Å². The van der Waals surface area contributed by atoms with E-state index in [1.54, 1.807) is 50.2 Å². The first-order valence-corrected chi connectivity index (χ1v) is 8.85. The van der Waals surface area contributed by atoms with E-state index in [-0.39, 0.29) is 17.2 Å². The number of carbonyl (C=O) groups excluding carboxylic acids is 2. The van der Waals surface area contributed by atoms with Crippen LogP contribution in [0.25, 0.3) is 0 Å². The van der Waals surface area contributed by atoms with Crippen LogP contribution < -0.4 is 9.64 Å². The van der Waals surface area contributed by atoms with Gasteiger partial charge in [0.2, 0.25) is 5.78 Å². The Kier molecular flexibility index (Phi) is 4.46. The van der Waals surface area contributed by atoms with Crippen LogP contribution >= 0.6 is 0 Å². The zero-order valence-electron chi connectivity index (χ0n) is 16.0. The fraction of sp³-hybridized carbons (Fsp3) is 0.190. The van der Waals surface area contributed by atoms with Crippen LogP contribution in [0.5, 0.6) is 5.75 Å². The fourth-order valence-corrected chi connectivity index (χ4v) is 3.36. The summed E-state index contributed by atoms with van der Waals surface area (Å²) in [5.74, 6) is -0.209. The molecule has 1 amide bonds. The van der Waals surface area contributed by atoms with Gasteiger partial charge >= 0.3 is 0 Å². The number of Topliss-reactive ketones (excluding diaryl/α,β-unsaturated/α-hetero) is 1. The van der Waals surface area contributed by atoms with Crippen molar-refractivity contribution in [2.75, 3.05) is 12.0 Å². The molecule has 0 saturated heterocycles. The minimum absolute atomic E-state index is 0.0305. The number of aliphatic hydroxyl groups excluding tert-OH is 1. The molecular formula is C21H18N2O6. The molecule has 8 nitrogen and oxygen atoms in total. The van der Waals surface area contributed by atoms with Crippen molar-refractivity contribution in [3.8, 4) is 5.75 Å². The standard InChI is InChI=1S/C21H18N2O6/c1-11-7-8-15(28-11)19(24)17-18(13-5-4-6-14(10-13)27-3)23(21(26)20(17)25)16-9-12(2)29-22-16/h4-10,18,25H,1-3H3/t18-/m1/s1. The van der Waals surface area contributed by atoms with Crippen LogP contribution in [0.1, 0.15) is 33.7 Å². The zero-order chi connectivity index (χ0) is 20.7. The Morgan fingerprint density at radius 1 is 1.17 bits per heavy atom. The van der Waals surface area contributed by atoms with E-state index in [1.807, 2.05) is 0 Å². The summed E-state index contributed by atoms with van der Waals surface area (Å²) in [4.78, 5) is 27.3. The number of methoxy groups -OCH3 is 1. The van der Waals surface area contributed by atoms with E-state index in [4.69, 9.17) is 13.7 Å².